The van der Waals surface area contributed by atoms with Crippen LogP contribution in [-0.2, 0) is 4.74 Å². The van der Waals surface area contributed by atoms with Crippen molar-refractivity contribution in [3.63, 3.8) is 0 Å². The third kappa shape index (κ3) is 1.83. The van der Waals surface area contributed by atoms with Gasteiger partial charge in [-0.3, -0.25) is 0 Å². The molecule has 0 aromatic heterocycles. The molecule has 3 nitrogen and oxygen atoms in total. The summed E-state index contributed by atoms with van der Waals surface area (Å²) in [7, 11) is 1.16. The summed E-state index contributed by atoms with van der Waals surface area (Å²) in [6.07, 6.45) is 0. The molecule has 0 heterocycles. The molecule has 0 fully saturated rings. The second kappa shape index (κ2) is 4.07. The van der Waals surface area contributed by atoms with Gasteiger partial charge in [0.1, 0.15) is 11.9 Å². The lowest BCUT2D eigenvalue weighted by molar-refractivity contribution is 0.0600. The quantitative estimate of drug-likeness (QED) is 0.672. The molecule has 5 heteroatoms. The van der Waals surface area contributed by atoms with E-state index >= 15 is 0 Å². The minimum Gasteiger partial charge on any atom is -0.465 e. The van der Waals surface area contributed by atoms with Gasteiger partial charge in [-0.2, -0.15) is 5.26 Å². The second-order valence-electron chi connectivity index (χ2n) is 2.42. The fourth-order valence-corrected chi connectivity index (χ4v) is 1.14. The van der Waals surface area contributed by atoms with Crippen LogP contribution in [0, 0.1) is 17.1 Å². The Balaban J connectivity index is 3.30. The van der Waals surface area contributed by atoms with Crippen LogP contribution in [0.25, 0.3) is 0 Å². The van der Waals surface area contributed by atoms with Crippen LogP contribution in [0.5, 0.6) is 0 Å². The number of carbonyl (C=O) groups excluding carboxylic acids is 1. The number of hydrogen-bond donors (Lipinski definition) is 0. The number of hydrogen-bond acceptors (Lipinski definition) is 3. The van der Waals surface area contributed by atoms with Crippen molar-refractivity contribution in [1.82, 2.24) is 0 Å². The normalized spacial score (nSPS) is 9.29. The molecule has 14 heavy (non-hydrogen) atoms. The predicted molar refractivity (Wildman–Crippen MR) is 47.5 cm³/mol. The molecule has 0 amide bonds. The van der Waals surface area contributed by atoms with E-state index in [1.165, 1.54) is 0 Å². The van der Waals surface area contributed by atoms with E-state index in [4.69, 9.17) is 16.9 Å². The Hall–Kier alpha value is -1.60. The van der Waals surface area contributed by atoms with Crippen LogP contribution < -0.4 is 0 Å². The first-order valence-electron chi connectivity index (χ1n) is 3.57. The molecule has 0 N–H and O–H groups in total. The number of rotatable bonds is 1. The maximum Gasteiger partial charge on any atom is 0.339 e. The van der Waals surface area contributed by atoms with E-state index in [9.17, 15) is 9.18 Å². The minimum absolute atomic E-state index is 0.00481. The molecule has 0 saturated carbocycles. The molecule has 0 radical (unpaired) electrons. The first kappa shape index (κ1) is 10.5. The molecular weight excluding hydrogens is 209 g/mol. The highest BCUT2D eigenvalue weighted by atomic mass is 35.5. The van der Waals surface area contributed by atoms with E-state index in [1.807, 2.05) is 0 Å². The Bertz CT molecular complexity index is 426. The first-order valence-corrected chi connectivity index (χ1v) is 3.95. The van der Waals surface area contributed by atoms with Crippen LogP contribution in [-0.4, -0.2) is 13.1 Å². The summed E-state index contributed by atoms with van der Waals surface area (Å²) < 4.78 is 17.4. The smallest absolute Gasteiger partial charge is 0.339 e. The maximum atomic E-state index is 13.0. The van der Waals surface area contributed by atoms with Gasteiger partial charge in [0.25, 0.3) is 0 Å². The summed E-state index contributed by atoms with van der Waals surface area (Å²) in [5.41, 5.74) is -0.298. The van der Waals surface area contributed by atoms with Crippen molar-refractivity contribution >= 4 is 17.6 Å². The van der Waals surface area contributed by atoms with E-state index in [0.29, 0.717) is 0 Å². The number of carbonyl (C=O) groups is 1. The van der Waals surface area contributed by atoms with Crippen molar-refractivity contribution in [2.45, 2.75) is 0 Å². The van der Waals surface area contributed by atoms with Crippen molar-refractivity contribution in [2.24, 2.45) is 0 Å². The van der Waals surface area contributed by atoms with Crippen LogP contribution >= 0.6 is 11.6 Å². The van der Waals surface area contributed by atoms with Gasteiger partial charge >= 0.3 is 5.97 Å². The summed E-state index contributed by atoms with van der Waals surface area (Å²) in [5, 5.41) is 8.46. The predicted octanol–water partition coefficient (Wildman–Crippen LogP) is 2.14. The molecular formula is C9H5ClFNO2. The van der Waals surface area contributed by atoms with Crippen molar-refractivity contribution in [2.75, 3.05) is 7.11 Å². The SMILES string of the molecule is COC(=O)c1cc(F)c(C#N)cc1Cl. The Labute approximate surface area is 84.7 Å². The molecule has 0 unspecified atom stereocenters. The van der Waals surface area contributed by atoms with E-state index in [1.54, 1.807) is 6.07 Å². The molecule has 0 atom stereocenters. The first-order chi connectivity index (χ1) is 6.60. The standard InChI is InChI=1S/C9H5ClFNO2/c1-14-9(13)6-3-8(11)5(4-12)2-7(6)10/h2-3H,1H3. The van der Waals surface area contributed by atoms with Gasteiger partial charge in [0.2, 0.25) is 0 Å². The number of nitrogens with zero attached hydrogens (tertiary/aromatic N) is 1. The average molecular weight is 214 g/mol. The maximum absolute atomic E-state index is 13.0. The van der Waals surface area contributed by atoms with Crippen LogP contribution in [0.2, 0.25) is 5.02 Å². The molecule has 72 valence electrons. The van der Waals surface area contributed by atoms with Gasteiger partial charge in [-0.25, -0.2) is 9.18 Å². The van der Waals surface area contributed by atoms with Gasteiger partial charge in [0.05, 0.1) is 23.3 Å². The molecule has 1 aromatic rings. The molecule has 1 rings (SSSR count). The Morgan fingerprint density at radius 1 is 1.64 bits per heavy atom. The lowest BCUT2D eigenvalue weighted by atomic mass is 10.1. The highest BCUT2D eigenvalue weighted by Gasteiger charge is 2.14. The highest BCUT2D eigenvalue weighted by molar-refractivity contribution is 6.33. The summed E-state index contributed by atoms with van der Waals surface area (Å²) in [6, 6.07) is 3.58. The topological polar surface area (TPSA) is 50.1 Å². The monoisotopic (exact) mass is 213 g/mol. The van der Waals surface area contributed by atoms with Crippen LogP contribution in [0.3, 0.4) is 0 Å². The zero-order valence-electron chi connectivity index (χ0n) is 7.17. The fraction of sp³-hybridized carbons (Fsp3) is 0.111. The second-order valence-corrected chi connectivity index (χ2v) is 2.82. The van der Waals surface area contributed by atoms with Gasteiger partial charge in [0, 0.05) is 0 Å². The molecule has 0 saturated heterocycles. The lowest BCUT2D eigenvalue weighted by Crippen LogP contribution is -2.03. The number of nitriles is 1. The van der Waals surface area contributed by atoms with Crippen molar-refractivity contribution in [3.05, 3.63) is 34.1 Å². The minimum atomic E-state index is -0.794. The molecule has 0 aliphatic rings. The Kier molecular flexibility index (Phi) is 3.05. The lowest BCUT2D eigenvalue weighted by Gasteiger charge is -2.02. The average Bonchev–Trinajstić information content (AvgIpc) is 2.19. The van der Waals surface area contributed by atoms with Gasteiger partial charge in [-0.1, -0.05) is 11.6 Å². The highest BCUT2D eigenvalue weighted by Crippen LogP contribution is 2.21. The Morgan fingerprint density at radius 3 is 2.79 bits per heavy atom. The number of esters is 1. The van der Waals surface area contributed by atoms with Gasteiger partial charge in [-0.05, 0) is 12.1 Å². The Morgan fingerprint density at radius 2 is 2.29 bits per heavy atom. The van der Waals surface area contributed by atoms with Gasteiger partial charge < -0.3 is 4.74 Å². The number of halogens is 2. The van der Waals surface area contributed by atoms with Crippen LogP contribution in [0.4, 0.5) is 4.39 Å². The molecule has 0 spiro atoms. The third-order valence-electron chi connectivity index (χ3n) is 1.58. The van der Waals surface area contributed by atoms with E-state index in [-0.39, 0.29) is 16.1 Å². The molecule has 0 aliphatic heterocycles. The van der Waals surface area contributed by atoms with E-state index in [2.05, 4.69) is 4.74 Å². The summed E-state index contributed by atoms with van der Waals surface area (Å²) in [5.74, 6) is -1.53. The number of methoxy groups -OCH3 is 1. The van der Waals surface area contributed by atoms with E-state index in [0.717, 1.165) is 19.2 Å². The zero-order valence-corrected chi connectivity index (χ0v) is 7.93. The van der Waals surface area contributed by atoms with Crippen molar-refractivity contribution in [3.8, 4) is 6.07 Å². The number of benzene rings is 1. The van der Waals surface area contributed by atoms with Crippen molar-refractivity contribution in [1.29, 1.82) is 5.26 Å². The van der Waals surface area contributed by atoms with Gasteiger partial charge in [-0.15, -0.1) is 0 Å². The zero-order chi connectivity index (χ0) is 10.7. The van der Waals surface area contributed by atoms with E-state index < -0.39 is 11.8 Å². The van der Waals surface area contributed by atoms with Crippen LogP contribution in [0.1, 0.15) is 15.9 Å². The summed E-state index contributed by atoms with van der Waals surface area (Å²) in [6.45, 7) is 0. The molecule has 0 bridgehead atoms. The van der Waals surface area contributed by atoms with Crippen molar-refractivity contribution < 1.29 is 13.9 Å². The summed E-state index contributed by atoms with van der Waals surface area (Å²) in [4.78, 5) is 11.0. The van der Waals surface area contributed by atoms with Crippen LogP contribution in [0.15, 0.2) is 12.1 Å². The molecule has 1 aromatic carbocycles. The fourth-order valence-electron chi connectivity index (χ4n) is 0.899. The largest absolute Gasteiger partial charge is 0.465 e. The third-order valence-corrected chi connectivity index (χ3v) is 1.90. The molecule has 0 aliphatic carbocycles. The summed E-state index contributed by atoms with van der Waals surface area (Å²) >= 11 is 5.64. The number of ether oxygens (including phenoxy) is 1. The van der Waals surface area contributed by atoms with Gasteiger partial charge in [0.15, 0.2) is 0 Å².